The number of pyridine rings is 1. The van der Waals surface area contributed by atoms with Gasteiger partial charge in [0.25, 0.3) is 5.91 Å². The summed E-state index contributed by atoms with van der Waals surface area (Å²) >= 11 is 0. The van der Waals surface area contributed by atoms with Gasteiger partial charge in [-0.3, -0.25) is 4.79 Å². The number of carbonyl (C=O) groups excluding carboxylic acids is 1. The van der Waals surface area contributed by atoms with Crippen LogP contribution in [0.4, 0.5) is 4.39 Å². The van der Waals surface area contributed by atoms with Crippen LogP contribution in [0, 0.1) is 12.7 Å². The minimum absolute atomic E-state index is 0.207. The Balaban J connectivity index is 1.91. The number of amides is 1. The molecule has 0 aliphatic rings. The van der Waals surface area contributed by atoms with Crippen LogP contribution in [-0.4, -0.2) is 25.1 Å². The van der Waals surface area contributed by atoms with E-state index < -0.39 is 0 Å². The first-order chi connectivity index (χ1) is 12.5. The Morgan fingerprint density at radius 2 is 1.85 bits per heavy atom. The zero-order valence-corrected chi connectivity index (χ0v) is 14.8. The SMILES string of the molecule is COc1ccccc1CNC(=O)c1cc(OC)c2cc(F)cc(C)c2n1. The van der Waals surface area contributed by atoms with Crippen LogP contribution in [0.5, 0.6) is 11.5 Å². The summed E-state index contributed by atoms with van der Waals surface area (Å²) in [5.41, 5.74) is 2.24. The summed E-state index contributed by atoms with van der Waals surface area (Å²) in [6, 6.07) is 11.7. The molecule has 1 N–H and O–H groups in total. The summed E-state index contributed by atoms with van der Waals surface area (Å²) in [6.45, 7) is 2.04. The van der Waals surface area contributed by atoms with E-state index in [4.69, 9.17) is 9.47 Å². The number of aryl methyl sites for hydroxylation is 1. The number of methoxy groups -OCH3 is 2. The van der Waals surface area contributed by atoms with Gasteiger partial charge in [0.15, 0.2) is 0 Å². The lowest BCUT2D eigenvalue weighted by Gasteiger charge is -2.12. The molecule has 134 valence electrons. The highest BCUT2D eigenvalue weighted by molar-refractivity contribution is 5.97. The van der Waals surface area contributed by atoms with Gasteiger partial charge in [0.1, 0.15) is 23.0 Å². The molecule has 0 aliphatic heterocycles. The molecule has 0 unspecified atom stereocenters. The molecular formula is C20H19FN2O3. The fraction of sp³-hybridized carbons (Fsp3) is 0.200. The van der Waals surface area contributed by atoms with Gasteiger partial charge in [0, 0.05) is 23.6 Å². The number of nitrogens with zero attached hydrogens (tertiary/aromatic N) is 1. The first kappa shape index (κ1) is 17.7. The Morgan fingerprint density at radius 3 is 2.58 bits per heavy atom. The first-order valence-electron chi connectivity index (χ1n) is 8.08. The highest BCUT2D eigenvalue weighted by atomic mass is 19.1. The van der Waals surface area contributed by atoms with Crippen LogP contribution in [0.25, 0.3) is 10.9 Å². The summed E-state index contributed by atoms with van der Waals surface area (Å²) in [5.74, 6) is 0.381. The van der Waals surface area contributed by atoms with Crippen LogP contribution >= 0.6 is 0 Å². The molecule has 0 fully saturated rings. The summed E-state index contributed by atoms with van der Waals surface area (Å²) in [4.78, 5) is 17.0. The number of nitrogens with one attached hydrogen (secondary N) is 1. The van der Waals surface area contributed by atoms with E-state index in [1.165, 1.54) is 25.3 Å². The summed E-state index contributed by atoms with van der Waals surface area (Å²) in [6.07, 6.45) is 0. The second-order valence-corrected chi connectivity index (χ2v) is 5.82. The van der Waals surface area contributed by atoms with Crippen molar-refractivity contribution >= 4 is 16.8 Å². The van der Waals surface area contributed by atoms with Crippen molar-refractivity contribution in [1.82, 2.24) is 10.3 Å². The monoisotopic (exact) mass is 354 g/mol. The van der Waals surface area contributed by atoms with E-state index in [2.05, 4.69) is 10.3 Å². The van der Waals surface area contributed by atoms with Crippen molar-refractivity contribution in [1.29, 1.82) is 0 Å². The molecule has 0 aliphatic carbocycles. The number of rotatable bonds is 5. The van der Waals surface area contributed by atoms with Gasteiger partial charge < -0.3 is 14.8 Å². The van der Waals surface area contributed by atoms with Crippen LogP contribution in [0.2, 0.25) is 0 Å². The summed E-state index contributed by atoms with van der Waals surface area (Å²) in [7, 11) is 3.06. The van der Waals surface area contributed by atoms with Gasteiger partial charge >= 0.3 is 0 Å². The number of ether oxygens (including phenoxy) is 2. The molecule has 3 rings (SSSR count). The second-order valence-electron chi connectivity index (χ2n) is 5.82. The lowest BCUT2D eigenvalue weighted by Crippen LogP contribution is -2.24. The Morgan fingerprint density at radius 1 is 1.12 bits per heavy atom. The maximum atomic E-state index is 13.7. The Kier molecular flexibility index (Phi) is 5.02. The number of para-hydroxylation sites is 1. The molecule has 0 atom stereocenters. The maximum absolute atomic E-state index is 13.7. The van der Waals surface area contributed by atoms with Gasteiger partial charge in [-0.2, -0.15) is 0 Å². The number of benzene rings is 2. The molecule has 0 spiro atoms. The lowest BCUT2D eigenvalue weighted by atomic mass is 10.1. The van der Waals surface area contributed by atoms with Crippen LogP contribution in [0.3, 0.4) is 0 Å². The zero-order chi connectivity index (χ0) is 18.7. The average molecular weight is 354 g/mol. The molecule has 26 heavy (non-hydrogen) atoms. The van der Waals surface area contributed by atoms with Gasteiger partial charge in [0.2, 0.25) is 0 Å². The van der Waals surface area contributed by atoms with Crippen LogP contribution in [0.1, 0.15) is 21.6 Å². The predicted octanol–water partition coefficient (Wildman–Crippen LogP) is 3.63. The number of hydrogen-bond acceptors (Lipinski definition) is 4. The topological polar surface area (TPSA) is 60.5 Å². The Hall–Kier alpha value is -3.15. The Labute approximate surface area is 150 Å². The van der Waals surface area contributed by atoms with Gasteiger partial charge in [0.05, 0.1) is 19.7 Å². The van der Waals surface area contributed by atoms with Crippen molar-refractivity contribution in [2.45, 2.75) is 13.5 Å². The summed E-state index contributed by atoms with van der Waals surface area (Å²) < 4.78 is 24.3. The summed E-state index contributed by atoms with van der Waals surface area (Å²) in [5, 5.41) is 3.36. The number of halogens is 1. The van der Waals surface area contributed by atoms with Gasteiger partial charge in [-0.15, -0.1) is 0 Å². The predicted molar refractivity (Wildman–Crippen MR) is 97.2 cm³/mol. The molecule has 0 saturated carbocycles. The maximum Gasteiger partial charge on any atom is 0.270 e. The number of aromatic nitrogens is 1. The molecule has 0 bridgehead atoms. The van der Waals surface area contributed by atoms with Gasteiger partial charge in [-0.25, -0.2) is 9.37 Å². The smallest absolute Gasteiger partial charge is 0.270 e. The van der Waals surface area contributed by atoms with E-state index in [9.17, 15) is 9.18 Å². The fourth-order valence-corrected chi connectivity index (χ4v) is 2.83. The van der Waals surface area contributed by atoms with Crippen molar-refractivity contribution in [3.63, 3.8) is 0 Å². The molecule has 5 nitrogen and oxygen atoms in total. The van der Waals surface area contributed by atoms with E-state index in [1.807, 2.05) is 24.3 Å². The number of hydrogen-bond donors (Lipinski definition) is 1. The molecule has 2 aromatic carbocycles. The van der Waals surface area contributed by atoms with Gasteiger partial charge in [-0.05, 0) is 30.7 Å². The number of carbonyl (C=O) groups is 1. The molecule has 6 heteroatoms. The number of fused-ring (bicyclic) bond motifs is 1. The van der Waals surface area contributed by atoms with Crippen molar-refractivity contribution in [2.75, 3.05) is 14.2 Å². The molecule has 1 amide bonds. The average Bonchev–Trinajstić information content (AvgIpc) is 2.65. The van der Waals surface area contributed by atoms with E-state index in [-0.39, 0.29) is 17.4 Å². The van der Waals surface area contributed by atoms with Crippen LogP contribution in [0.15, 0.2) is 42.5 Å². The molecule has 3 aromatic rings. The quantitative estimate of drug-likeness (QED) is 0.760. The molecular weight excluding hydrogens is 335 g/mol. The van der Waals surface area contributed by atoms with Crippen molar-refractivity contribution in [3.05, 3.63) is 65.1 Å². The van der Waals surface area contributed by atoms with Crippen LogP contribution in [-0.2, 0) is 6.54 Å². The van der Waals surface area contributed by atoms with Crippen LogP contribution < -0.4 is 14.8 Å². The van der Waals surface area contributed by atoms with Gasteiger partial charge in [-0.1, -0.05) is 18.2 Å². The zero-order valence-electron chi connectivity index (χ0n) is 14.8. The minimum atomic E-state index is -0.372. The van der Waals surface area contributed by atoms with E-state index >= 15 is 0 Å². The lowest BCUT2D eigenvalue weighted by molar-refractivity contribution is 0.0945. The largest absolute Gasteiger partial charge is 0.496 e. The minimum Gasteiger partial charge on any atom is -0.496 e. The molecule has 1 heterocycles. The standard InChI is InChI=1S/C20H19FN2O3/c1-12-8-14(21)9-15-18(26-3)10-16(23-19(12)15)20(24)22-11-13-6-4-5-7-17(13)25-2/h4-10H,11H2,1-3H3,(H,22,24). The Bertz CT molecular complexity index is 973. The third-order valence-corrected chi connectivity index (χ3v) is 4.12. The highest BCUT2D eigenvalue weighted by Gasteiger charge is 2.15. The van der Waals surface area contributed by atoms with E-state index in [0.29, 0.717) is 34.5 Å². The third kappa shape index (κ3) is 3.44. The van der Waals surface area contributed by atoms with E-state index in [0.717, 1.165) is 5.56 Å². The molecule has 0 radical (unpaired) electrons. The normalized spacial score (nSPS) is 10.6. The third-order valence-electron chi connectivity index (χ3n) is 4.12. The highest BCUT2D eigenvalue weighted by Crippen LogP contribution is 2.28. The fourth-order valence-electron chi connectivity index (χ4n) is 2.83. The van der Waals surface area contributed by atoms with Crippen molar-refractivity contribution in [3.8, 4) is 11.5 Å². The molecule has 0 saturated heterocycles. The first-order valence-corrected chi connectivity index (χ1v) is 8.08. The van der Waals surface area contributed by atoms with Crippen molar-refractivity contribution < 1.29 is 18.7 Å². The second kappa shape index (κ2) is 7.39. The molecule has 1 aromatic heterocycles. The van der Waals surface area contributed by atoms with Crippen molar-refractivity contribution in [2.24, 2.45) is 0 Å². The van der Waals surface area contributed by atoms with E-state index in [1.54, 1.807) is 14.0 Å².